The lowest BCUT2D eigenvalue weighted by Gasteiger charge is -2.33. The molecule has 2 N–H and O–H groups in total. The summed E-state index contributed by atoms with van der Waals surface area (Å²) in [6.07, 6.45) is 3.87. The van der Waals surface area contributed by atoms with Gasteiger partial charge >= 0.3 is 5.97 Å². The van der Waals surface area contributed by atoms with Crippen molar-refractivity contribution in [2.24, 2.45) is 0 Å². The molecule has 0 radical (unpaired) electrons. The van der Waals surface area contributed by atoms with Crippen molar-refractivity contribution in [1.82, 2.24) is 0 Å². The van der Waals surface area contributed by atoms with E-state index in [0.717, 1.165) is 42.4 Å². The van der Waals surface area contributed by atoms with Gasteiger partial charge in [-0.25, -0.2) is 4.79 Å². The molecule has 1 unspecified atom stereocenters. The summed E-state index contributed by atoms with van der Waals surface area (Å²) in [4.78, 5) is 11.9. The van der Waals surface area contributed by atoms with Crippen LogP contribution in [0.1, 0.15) is 87.4 Å². The molecule has 146 valence electrons. The molecule has 0 bridgehead atoms. The van der Waals surface area contributed by atoms with Crippen molar-refractivity contribution in [2.45, 2.75) is 71.1 Å². The standard InChI is InChI=1S/C24H32O3/c1-6-8-14-24(5,7-2)20-16-18(15-19(21(20)25)22(26)27)23(3,4)17-12-10-9-11-13-17/h9-13,15-16,25H,6-8,14H2,1-5H3,(H,26,27). The first kappa shape index (κ1) is 21.0. The number of benzene rings is 2. The minimum atomic E-state index is -1.09. The third-order valence-corrected chi connectivity index (χ3v) is 6.07. The summed E-state index contributed by atoms with van der Waals surface area (Å²) in [5.41, 5.74) is 2.14. The summed E-state index contributed by atoms with van der Waals surface area (Å²) in [6, 6.07) is 13.7. The van der Waals surface area contributed by atoms with Crippen LogP contribution in [0.4, 0.5) is 0 Å². The number of carboxylic acids is 1. The average molecular weight is 369 g/mol. The van der Waals surface area contributed by atoms with Gasteiger partial charge in [-0.05, 0) is 35.4 Å². The minimum Gasteiger partial charge on any atom is -0.507 e. The molecule has 0 spiro atoms. The zero-order valence-corrected chi connectivity index (χ0v) is 17.2. The monoisotopic (exact) mass is 368 g/mol. The van der Waals surface area contributed by atoms with Crippen LogP contribution in [0.3, 0.4) is 0 Å². The molecule has 0 heterocycles. The van der Waals surface area contributed by atoms with Crippen molar-refractivity contribution < 1.29 is 15.0 Å². The fourth-order valence-corrected chi connectivity index (χ4v) is 3.71. The summed E-state index contributed by atoms with van der Waals surface area (Å²) < 4.78 is 0. The molecule has 0 aliphatic carbocycles. The average Bonchev–Trinajstić information content (AvgIpc) is 2.66. The number of hydrogen-bond donors (Lipinski definition) is 2. The largest absolute Gasteiger partial charge is 0.507 e. The van der Waals surface area contributed by atoms with Gasteiger partial charge in [-0.3, -0.25) is 0 Å². The Labute approximate surface area is 163 Å². The van der Waals surface area contributed by atoms with Crippen LogP contribution in [-0.2, 0) is 10.8 Å². The van der Waals surface area contributed by atoms with Crippen LogP contribution in [0.25, 0.3) is 0 Å². The van der Waals surface area contributed by atoms with E-state index >= 15 is 0 Å². The predicted octanol–water partition coefficient (Wildman–Crippen LogP) is 6.27. The van der Waals surface area contributed by atoms with Gasteiger partial charge in [0.15, 0.2) is 0 Å². The van der Waals surface area contributed by atoms with Gasteiger partial charge in [-0.1, -0.05) is 83.9 Å². The number of aromatic hydroxyl groups is 1. The number of carboxylic acid groups (broad SMARTS) is 1. The van der Waals surface area contributed by atoms with Crippen molar-refractivity contribution in [2.75, 3.05) is 0 Å². The molecule has 3 heteroatoms. The van der Waals surface area contributed by atoms with E-state index in [9.17, 15) is 15.0 Å². The molecular weight excluding hydrogens is 336 g/mol. The lowest BCUT2D eigenvalue weighted by molar-refractivity contribution is 0.0693. The van der Waals surface area contributed by atoms with Gasteiger partial charge in [-0.2, -0.15) is 0 Å². The highest BCUT2D eigenvalue weighted by Crippen LogP contribution is 2.43. The molecule has 27 heavy (non-hydrogen) atoms. The lowest BCUT2D eigenvalue weighted by Crippen LogP contribution is -2.25. The molecule has 0 aromatic heterocycles. The van der Waals surface area contributed by atoms with E-state index in [1.165, 1.54) is 0 Å². The van der Waals surface area contributed by atoms with Crippen molar-refractivity contribution in [3.63, 3.8) is 0 Å². The maximum Gasteiger partial charge on any atom is 0.339 e. The van der Waals surface area contributed by atoms with Crippen LogP contribution in [0, 0.1) is 0 Å². The Morgan fingerprint density at radius 3 is 2.15 bits per heavy atom. The number of hydrogen-bond acceptors (Lipinski definition) is 2. The van der Waals surface area contributed by atoms with E-state index in [2.05, 4.69) is 46.8 Å². The summed E-state index contributed by atoms with van der Waals surface area (Å²) in [6.45, 7) is 10.6. The van der Waals surface area contributed by atoms with E-state index in [-0.39, 0.29) is 22.1 Å². The van der Waals surface area contributed by atoms with Crippen molar-refractivity contribution >= 4 is 5.97 Å². The zero-order valence-electron chi connectivity index (χ0n) is 17.2. The maximum absolute atomic E-state index is 11.9. The van der Waals surface area contributed by atoms with E-state index in [1.54, 1.807) is 6.07 Å². The van der Waals surface area contributed by atoms with Crippen molar-refractivity contribution in [3.05, 3.63) is 64.7 Å². The number of carbonyl (C=O) groups is 1. The van der Waals surface area contributed by atoms with Crippen molar-refractivity contribution in [3.8, 4) is 5.75 Å². The van der Waals surface area contributed by atoms with Gasteiger partial charge in [0.25, 0.3) is 0 Å². The highest BCUT2D eigenvalue weighted by atomic mass is 16.4. The molecular formula is C24H32O3. The molecule has 0 aliphatic rings. The number of rotatable bonds is 8. The first-order chi connectivity index (χ1) is 12.7. The van der Waals surface area contributed by atoms with Gasteiger partial charge in [0.2, 0.25) is 0 Å². The van der Waals surface area contributed by atoms with Crippen LogP contribution in [0.2, 0.25) is 0 Å². The predicted molar refractivity (Wildman–Crippen MR) is 111 cm³/mol. The second kappa shape index (κ2) is 8.16. The molecule has 2 aromatic carbocycles. The highest BCUT2D eigenvalue weighted by molar-refractivity contribution is 5.92. The summed E-state index contributed by atoms with van der Waals surface area (Å²) in [5, 5.41) is 20.5. The van der Waals surface area contributed by atoms with Crippen LogP contribution in [0.15, 0.2) is 42.5 Å². The topological polar surface area (TPSA) is 57.5 Å². The Hall–Kier alpha value is -2.29. The number of phenols is 1. The molecule has 0 saturated carbocycles. The third kappa shape index (κ3) is 4.18. The lowest BCUT2D eigenvalue weighted by atomic mass is 9.71. The molecule has 1 atom stereocenters. The van der Waals surface area contributed by atoms with E-state index in [0.29, 0.717) is 0 Å². The van der Waals surface area contributed by atoms with Gasteiger partial charge in [0, 0.05) is 11.0 Å². The fourth-order valence-electron chi connectivity index (χ4n) is 3.71. The Kier molecular flexibility index (Phi) is 6.35. The third-order valence-electron chi connectivity index (χ3n) is 6.07. The second-order valence-electron chi connectivity index (χ2n) is 8.23. The van der Waals surface area contributed by atoms with Gasteiger partial charge in [0.05, 0.1) is 0 Å². The first-order valence-corrected chi connectivity index (χ1v) is 9.84. The Bertz CT molecular complexity index is 793. The van der Waals surface area contributed by atoms with Gasteiger partial charge in [0.1, 0.15) is 11.3 Å². The first-order valence-electron chi connectivity index (χ1n) is 9.84. The van der Waals surface area contributed by atoms with Gasteiger partial charge < -0.3 is 10.2 Å². The zero-order chi connectivity index (χ0) is 20.2. The van der Waals surface area contributed by atoms with E-state index in [4.69, 9.17) is 0 Å². The molecule has 0 fully saturated rings. The summed E-state index contributed by atoms with van der Waals surface area (Å²) in [5.74, 6) is -1.18. The maximum atomic E-state index is 11.9. The Morgan fingerprint density at radius 2 is 1.63 bits per heavy atom. The smallest absolute Gasteiger partial charge is 0.339 e. The molecule has 2 rings (SSSR count). The molecule has 0 saturated heterocycles. The normalized spacial score (nSPS) is 14.0. The van der Waals surface area contributed by atoms with Crippen LogP contribution in [-0.4, -0.2) is 16.2 Å². The summed E-state index contributed by atoms with van der Waals surface area (Å²) in [7, 11) is 0. The number of unbranched alkanes of at least 4 members (excludes halogenated alkanes) is 1. The molecule has 2 aromatic rings. The summed E-state index contributed by atoms with van der Waals surface area (Å²) >= 11 is 0. The van der Waals surface area contributed by atoms with Crippen LogP contribution < -0.4 is 0 Å². The van der Waals surface area contributed by atoms with Crippen LogP contribution >= 0.6 is 0 Å². The Balaban J connectivity index is 2.70. The minimum absolute atomic E-state index is 0.0114. The quantitative estimate of drug-likeness (QED) is 0.577. The Morgan fingerprint density at radius 1 is 1.00 bits per heavy atom. The van der Waals surface area contributed by atoms with Crippen molar-refractivity contribution in [1.29, 1.82) is 0 Å². The molecule has 3 nitrogen and oxygen atoms in total. The van der Waals surface area contributed by atoms with E-state index in [1.807, 2.05) is 24.3 Å². The van der Waals surface area contributed by atoms with Crippen LogP contribution in [0.5, 0.6) is 5.75 Å². The van der Waals surface area contributed by atoms with Gasteiger partial charge in [-0.15, -0.1) is 0 Å². The highest BCUT2D eigenvalue weighted by Gasteiger charge is 2.33. The second-order valence-corrected chi connectivity index (χ2v) is 8.23. The molecule has 0 aliphatic heterocycles. The van der Waals surface area contributed by atoms with E-state index < -0.39 is 5.97 Å². The fraction of sp³-hybridized carbons (Fsp3) is 0.458. The molecule has 0 amide bonds. The number of aromatic carboxylic acids is 1. The SMILES string of the molecule is CCCCC(C)(CC)c1cc(C(C)(C)c2ccccc2)cc(C(=O)O)c1O.